The van der Waals surface area contributed by atoms with E-state index < -0.39 is 23.6 Å². The van der Waals surface area contributed by atoms with E-state index in [0.29, 0.717) is 0 Å². The normalized spacial score (nSPS) is 17.5. The van der Waals surface area contributed by atoms with E-state index in [1.165, 1.54) is 6.92 Å². The summed E-state index contributed by atoms with van der Waals surface area (Å²) in [7, 11) is 0. The summed E-state index contributed by atoms with van der Waals surface area (Å²) in [5.41, 5.74) is 3.44. The van der Waals surface area contributed by atoms with Gasteiger partial charge in [-0.1, -0.05) is 0 Å². The van der Waals surface area contributed by atoms with Crippen molar-refractivity contribution in [3.05, 3.63) is 0 Å². The van der Waals surface area contributed by atoms with Crippen molar-refractivity contribution in [1.29, 1.82) is 0 Å². The molecular weight excluding hydrogens is 178 g/mol. The molecule has 76 valence electrons. The Morgan fingerprint density at radius 3 is 2.15 bits per heavy atom. The first-order valence-electron chi connectivity index (χ1n) is 3.73. The van der Waals surface area contributed by atoms with Crippen molar-refractivity contribution < 1.29 is 24.9 Å². The molecule has 5 N–H and O–H groups in total. The van der Waals surface area contributed by atoms with Crippen LogP contribution >= 0.6 is 0 Å². The van der Waals surface area contributed by atoms with Crippen molar-refractivity contribution >= 4 is 11.9 Å². The molecule has 0 fully saturated rings. The topological polar surface area (TPSA) is 121 Å². The van der Waals surface area contributed by atoms with Gasteiger partial charge in [-0.25, -0.2) is 0 Å². The second-order valence-electron chi connectivity index (χ2n) is 2.92. The number of rotatable bonds is 5. The van der Waals surface area contributed by atoms with Gasteiger partial charge in [0.05, 0.1) is 6.10 Å². The summed E-state index contributed by atoms with van der Waals surface area (Å²) in [4.78, 5) is 20.8. The maximum atomic E-state index is 10.6. The lowest BCUT2D eigenvalue weighted by Gasteiger charge is -2.26. The highest BCUT2D eigenvalue weighted by Crippen LogP contribution is 2.15. The molecule has 2 atom stereocenters. The van der Waals surface area contributed by atoms with Crippen molar-refractivity contribution in [3.63, 3.8) is 0 Å². The fourth-order valence-electron chi connectivity index (χ4n) is 0.808. The fourth-order valence-corrected chi connectivity index (χ4v) is 0.808. The van der Waals surface area contributed by atoms with Crippen LogP contribution in [0.3, 0.4) is 0 Å². The van der Waals surface area contributed by atoms with Gasteiger partial charge in [-0.05, 0) is 13.3 Å². The van der Waals surface area contributed by atoms with Crippen LogP contribution in [0.1, 0.15) is 19.8 Å². The lowest BCUT2D eigenvalue weighted by Crippen LogP contribution is -2.56. The second kappa shape index (κ2) is 4.20. The molecule has 0 aromatic carbocycles. The molecule has 13 heavy (non-hydrogen) atoms. The molecule has 0 rings (SSSR count). The lowest BCUT2D eigenvalue weighted by molar-refractivity contribution is -0.148. The first-order valence-corrected chi connectivity index (χ1v) is 3.73. The predicted molar refractivity (Wildman–Crippen MR) is 43.1 cm³/mol. The van der Waals surface area contributed by atoms with Gasteiger partial charge in [0.1, 0.15) is 5.54 Å². The van der Waals surface area contributed by atoms with Crippen LogP contribution in [0.2, 0.25) is 0 Å². The molecule has 0 amide bonds. The summed E-state index contributed by atoms with van der Waals surface area (Å²) >= 11 is 0. The number of aliphatic carboxylic acids is 2. The third-order valence-electron chi connectivity index (χ3n) is 1.90. The molecule has 0 heterocycles. The Bertz CT molecular complexity index is 215. The molecule has 0 saturated carbocycles. The van der Waals surface area contributed by atoms with Gasteiger partial charge in [0.25, 0.3) is 0 Å². The smallest absolute Gasteiger partial charge is 0.326 e. The molecule has 6 heteroatoms. The van der Waals surface area contributed by atoms with E-state index in [1.54, 1.807) is 0 Å². The summed E-state index contributed by atoms with van der Waals surface area (Å²) in [6.45, 7) is 1.22. The van der Waals surface area contributed by atoms with Crippen LogP contribution in [-0.2, 0) is 9.59 Å². The van der Waals surface area contributed by atoms with Crippen LogP contribution in [0.15, 0.2) is 0 Å². The number of carboxylic acid groups (broad SMARTS) is 2. The first-order chi connectivity index (χ1) is 5.80. The van der Waals surface area contributed by atoms with E-state index in [-0.39, 0.29) is 12.8 Å². The Balaban J connectivity index is 4.43. The number of nitrogens with two attached hydrogens (primary N) is 1. The maximum Gasteiger partial charge on any atom is 0.326 e. The number of aliphatic hydroxyl groups is 1. The highest BCUT2D eigenvalue weighted by molar-refractivity contribution is 5.80. The van der Waals surface area contributed by atoms with E-state index in [4.69, 9.17) is 21.1 Å². The van der Waals surface area contributed by atoms with Crippen molar-refractivity contribution in [1.82, 2.24) is 0 Å². The van der Waals surface area contributed by atoms with Crippen molar-refractivity contribution in [2.45, 2.75) is 31.4 Å². The van der Waals surface area contributed by atoms with E-state index in [2.05, 4.69) is 0 Å². The number of hydrogen-bond donors (Lipinski definition) is 4. The highest BCUT2D eigenvalue weighted by Gasteiger charge is 2.39. The van der Waals surface area contributed by atoms with Gasteiger partial charge in [0.15, 0.2) is 0 Å². The Hall–Kier alpha value is -1.14. The van der Waals surface area contributed by atoms with E-state index in [9.17, 15) is 9.59 Å². The molecule has 2 unspecified atom stereocenters. The third-order valence-corrected chi connectivity index (χ3v) is 1.90. The molecule has 0 bridgehead atoms. The summed E-state index contributed by atoms with van der Waals surface area (Å²) < 4.78 is 0. The van der Waals surface area contributed by atoms with Gasteiger partial charge in [-0.3, -0.25) is 9.59 Å². The van der Waals surface area contributed by atoms with Gasteiger partial charge >= 0.3 is 11.9 Å². The van der Waals surface area contributed by atoms with Crippen LogP contribution in [0.4, 0.5) is 0 Å². The molecule has 0 aliphatic carbocycles. The number of carboxylic acids is 2. The molecular formula is C7H13NO5. The average Bonchev–Trinajstić information content (AvgIpc) is 1.99. The minimum absolute atomic E-state index is 0.296. The zero-order valence-electron chi connectivity index (χ0n) is 7.23. The van der Waals surface area contributed by atoms with Crippen molar-refractivity contribution in [3.8, 4) is 0 Å². The third kappa shape index (κ3) is 3.00. The van der Waals surface area contributed by atoms with Crippen LogP contribution in [0, 0.1) is 0 Å². The highest BCUT2D eigenvalue weighted by atomic mass is 16.4. The second-order valence-corrected chi connectivity index (χ2v) is 2.92. The summed E-state index contributed by atoms with van der Waals surface area (Å²) in [6, 6.07) is 0. The molecule has 0 aromatic heterocycles. The van der Waals surface area contributed by atoms with Crippen LogP contribution in [0.25, 0.3) is 0 Å². The standard InChI is InChI=1S/C7H13NO5/c1-4(9)7(8,6(12)13)3-2-5(10)11/h4,9H,2-3,8H2,1H3,(H,10,11)(H,12,13). The fraction of sp³-hybridized carbons (Fsp3) is 0.714. The van der Waals surface area contributed by atoms with Gasteiger partial charge in [0.2, 0.25) is 0 Å². The van der Waals surface area contributed by atoms with Crippen molar-refractivity contribution in [2.75, 3.05) is 0 Å². The Morgan fingerprint density at radius 2 is 1.92 bits per heavy atom. The number of carbonyl (C=O) groups is 2. The van der Waals surface area contributed by atoms with E-state index in [0.717, 1.165) is 0 Å². The van der Waals surface area contributed by atoms with Crippen molar-refractivity contribution in [2.24, 2.45) is 5.73 Å². The lowest BCUT2D eigenvalue weighted by atomic mass is 9.89. The molecule has 0 radical (unpaired) electrons. The van der Waals surface area contributed by atoms with Crippen LogP contribution in [-0.4, -0.2) is 38.9 Å². The Labute approximate surface area is 75.0 Å². The van der Waals surface area contributed by atoms with E-state index >= 15 is 0 Å². The van der Waals surface area contributed by atoms with E-state index in [1.807, 2.05) is 0 Å². The largest absolute Gasteiger partial charge is 0.481 e. The monoisotopic (exact) mass is 191 g/mol. The molecule has 0 aliphatic rings. The van der Waals surface area contributed by atoms with Crippen LogP contribution < -0.4 is 5.73 Å². The minimum atomic E-state index is -1.88. The summed E-state index contributed by atoms with van der Waals surface area (Å²) in [6.07, 6.45) is -1.97. The summed E-state index contributed by atoms with van der Waals surface area (Å²) in [5.74, 6) is -2.54. The molecule has 0 saturated heterocycles. The molecule has 0 spiro atoms. The Kier molecular flexibility index (Phi) is 3.83. The van der Waals surface area contributed by atoms with Crippen LogP contribution in [0.5, 0.6) is 0 Å². The zero-order chi connectivity index (χ0) is 10.6. The van der Waals surface area contributed by atoms with Gasteiger partial charge in [0, 0.05) is 6.42 Å². The summed E-state index contributed by atoms with van der Waals surface area (Å²) in [5, 5.41) is 26.0. The maximum absolute atomic E-state index is 10.6. The quantitative estimate of drug-likeness (QED) is 0.443. The number of hydrogen-bond acceptors (Lipinski definition) is 4. The zero-order valence-corrected chi connectivity index (χ0v) is 7.23. The molecule has 6 nitrogen and oxygen atoms in total. The average molecular weight is 191 g/mol. The van der Waals surface area contributed by atoms with Gasteiger partial charge in [-0.15, -0.1) is 0 Å². The number of aliphatic hydroxyl groups excluding tert-OH is 1. The predicted octanol–water partition coefficient (Wildman–Crippen LogP) is -0.986. The minimum Gasteiger partial charge on any atom is -0.481 e. The SMILES string of the molecule is CC(O)C(N)(CCC(=O)O)C(=O)O. The van der Waals surface area contributed by atoms with Gasteiger partial charge < -0.3 is 21.1 Å². The molecule has 0 aliphatic heterocycles. The first kappa shape index (κ1) is 11.9. The molecule has 0 aromatic rings. The Morgan fingerprint density at radius 1 is 1.46 bits per heavy atom. The van der Waals surface area contributed by atoms with Gasteiger partial charge in [-0.2, -0.15) is 0 Å².